The molecule has 2 aliphatic rings. The number of nitriles is 1. The first kappa shape index (κ1) is 19.4. The summed E-state index contributed by atoms with van der Waals surface area (Å²) in [5.41, 5.74) is 1.19. The van der Waals surface area contributed by atoms with Crippen LogP contribution in [0.4, 0.5) is 5.69 Å². The van der Waals surface area contributed by atoms with Crippen molar-refractivity contribution in [1.29, 1.82) is 5.26 Å². The van der Waals surface area contributed by atoms with Crippen LogP contribution in [0.1, 0.15) is 38.2 Å². The maximum atomic E-state index is 12.8. The van der Waals surface area contributed by atoms with Crippen molar-refractivity contribution in [3.05, 3.63) is 29.8 Å². The van der Waals surface area contributed by atoms with Gasteiger partial charge in [0.1, 0.15) is 5.41 Å². The van der Waals surface area contributed by atoms with Crippen LogP contribution < -0.4 is 5.32 Å². The fourth-order valence-electron chi connectivity index (χ4n) is 4.11. The van der Waals surface area contributed by atoms with E-state index in [4.69, 9.17) is 0 Å². The van der Waals surface area contributed by atoms with E-state index in [-0.39, 0.29) is 11.8 Å². The molecule has 1 saturated heterocycles. The standard InChI is InChI=1S/C21H28N4O2/c1-2-17-7-3-4-8-18(17)23-19(26)15-24-11-13-25(14-12-24)20(27)21(16-22)9-5-6-10-21/h3-4,7-8H,2,5-6,9-15H2,1H3,(H,23,26). The number of aryl methyl sites for hydroxylation is 1. The van der Waals surface area contributed by atoms with Crippen molar-refractivity contribution in [2.75, 3.05) is 38.0 Å². The summed E-state index contributed by atoms with van der Waals surface area (Å²) in [4.78, 5) is 29.1. The Balaban J connectivity index is 1.50. The first-order valence-corrected chi connectivity index (χ1v) is 9.89. The molecular weight excluding hydrogens is 340 g/mol. The minimum Gasteiger partial charge on any atom is -0.339 e. The van der Waals surface area contributed by atoms with Gasteiger partial charge in [-0.1, -0.05) is 38.0 Å². The van der Waals surface area contributed by atoms with Gasteiger partial charge in [0.25, 0.3) is 0 Å². The van der Waals surface area contributed by atoms with Crippen molar-refractivity contribution in [3.8, 4) is 6.07 Å². The first-order chi connectivity index (χ1) is 13.1. The minimum atomic E-state index is -0.802. The third-order valence-electron chi connectivity index (χ3n) is 5.78. The molecule has 1 heterocycles. The number of nitrogens with zero attached hydrogens (tertiary/aromatic N) is 3. The van der Waals surface area contributed by atoms with E-state index < -0.39 is 5.41 Å². The normalized spacial score (nSPS) is 19.5. The zero-order valence-electron chi connectivity index (χ0n) is 16.0. The highest BCUT2D eigenvalue weighted by atomic mass is 16.2. The van der Waals surface area contributed by atoms with E-state index in [9.17, 15) is 14.9 Å². The molecule has 1 aromatic carbocycles. The molecule has 1 aromatic rings. The van der Waals surface area contributed by atoms with E-state index in [0.29, 0.717) is 45.6 Å². The van der Waals surface area contributed by atoms with Gasteiger partial charge in [-0.2, -0.15) is 5.26 Å². The van der Waals surface area contributed by atoms with Crippen molar-refractivity contribution in [2.24, 2.45) is 5.41 Å². The van der Waals surface area contributed by atoms with Crippen LogP contribution in [-0.2, 0) is 16.0 Å². The molecule has 144 valence electrons. The molecule has 27 heavy (non-hydrogen) atoms. The average molecular weight is 368 g/mol. The fourth-order valence-corrected chi connectivity index (χ4v) is 4.11. The molecule has 0 bridgehead atoms. The smallest absolute Gasteiger partial charge is 0.243 e. The Kier molecular flexibility index (Phi) is 6.12. The number of rotatable bonds is 5. The summed E-state index contributed by atoms with van der Waals surface area (Å²) in [6.07, 6.45) is 4.15. The van der Waals surface area contributed by atoms with Gasteiger partial charge in [-0.05, 0) is 30.9 Å². The molecule has 1 saturated carbocycles. The Morgan fingerprint density at radius 1 is 1.15 bits per heavy atom. The zero-order chi connectivity index (χ0) is 19.3. The summed E-state index contributed by atoms with van der Waals surface area (Å²) in [6.45, 7) is 4.89. The highest BCUT2D eigenvalue weighted by Crippen LogP contribution is 2.39. The molecule has 0 unspecified atom stereocenters. The molecule has 1 aliphatic carbocycles. The van der Waals surface area contributed by atoms with Gasteiger partial charge >= 0.3 is 0 Å². The predicted molar refractivity (Wildman–Crippen MR) is 104 cm³/mol. The average Bonchev–Trinajstić information content (AvgIpc) is 3.19. The summed E-state index contributed by atoms with van der Waals surface area (Å²) in [7, 11) is 0. The molecule has 0 atom stereocenters. The van der Waals surface area contributed by atoms with Gasteiger partial charge in [-0.3, -0.25) is 14.5 Å². The van der Waals surface area contributed by atoms with Crippen LogP contribution >= 0.6 is 0 Å². The third-order valence-corrected chi connectivity index (χ3v) is 5.78. The zero-order valence-corrected chi connectivity index (χ0v) is 16.0. The predicted octanol–water partition coefficient (Wildman–Crippen LogP) is 2.42. The Labute approximate surface area is 161 Å². The third kappa shape index (κ3) is 4.30. The van der Waals surface area contributed by atoms with Crippen LogP contribution in [0.3, 0.4) is 0 Å². The topological polar surface area (TPSA) is 76.4 Å². The lowest BCUT2D eigenvalue weighted by molar-refractivity contribution is -0.140. The van der Waals surface area contributed by atoms with Gasteiger partial charge in [0.15, 0.2) is 0 Å². The van der Waals surface area contributed by atoms with Crippen molar-refractivity contribution >= 4 is 17.5 Å². The van der Waals surface area contributed by atoms with Gasteiger partial charge in [-0.15, -0.1) is 0 Å². The number of hydrogen-bond acceptors (Lipinski definition) is 4. The second kappa shape index (κ2) is 8.53. The van der Waals surface area contributed by atoms with Crippen LogP contribution in [0, 0.1) is 16.7 Å². The minimum absolute atomic E-state index is 0.0107. The Hall–Kier alpha value is -2.39. The van der Waals surface area contributed by atoms with Crippen molar-refractivity contribution in [1.82, 2.24) is 9.80 Å². The summed E-state index contributed by atoms with van der Waals surface area (Å²) in [5, 5.41) is 12.5. The number of anilines is 1. The Morgan fingerprint density at radius 2 is 1.81 bits per heavy atom. The van der Waals surface area contributed by atoms with Crippen LogP contribution in [0.5, 0.6) is 0 Å². The van der Waals surface area contributed by atoms with Crippen molar-refractivity contribution in [2.45, 2.75) is 39.0 Å². The molecule has 2 fully saturated rings. The van der Waals surface area contributed by atoms with E-state index in [2.05, 4.69) is 23.2 Å². The van der Waals surface area contributed by atoms with E-state index in [1.165, 1.54) is 0 Å². The molecule has 0 aromatic heterocycles. The Morgan fingerprint density at radius 3 is 2.44 bits per heavy atom. The molecule has 0 spiro atoms. The number of carbonyl (C=O) groups is 2. The van der Waals surface area contributed by atoms with Crippen molar-refractivity contribution < 1.29 is 9.59 Å². The quantitative estimate of drug-likeness (QED) is 0.866. The summed E-state index contributed by atoms with van der Waals surface area (Å²) in [6, 6.07) is 10.1. The number of piperazine rings is 1. The highest BCUT2D eigenvalue weighted by Gasteiger charge is 2.44. The summed E-state index contributed by atoms with van der Waals surface area (Å²) < 4.78 is 0. The number of nitrogens with one attached hydrogen (secondary N) is 1. The second-order valence-electron chi connectivity index (χ2n) is 7.53. The number of hydrogen-bond donors (Lipinski definition) is 1. The monoisotopic (exact) mass is 368 g/mol. The highest BCUT2D eigenvalue weighted by molar-refractivity contribution is 5.93. The molecule has 1 N–H and O–H groups in total. The molecule has 6 heteroatoms. The fraction of sp³-hybridized carbons (Fsp3) is 0.571. The number of carbonyl (C=O) groups excluding carboxylic acids is 2. The number of amides is 2. The van der Waals surface area contributed by atoms with Gasteiger partial charge in [0.2, 0.25) is 11.8 Å². The largest absolute Gasteiger partial charge is 0.339 e. The lowest BCUT2D eigenvalue weighted by Gasteiger charge is -2.37. The maximum Gasteiger partial charge on any atom is 0.243 e. The maximum absolute atomic E-state index is 12.8. The van der Waals surface area contributed by atoms with Crippen LogP contribution in [0.2, 0.25) is 0 Å². The van der Waals surface area contributed by atoms with Crippen LogP contribution in [-0.4, -0.2) is 54.3 Å². The second-order valence-corrected chi connectivity index (χ2v) is 7.53. The molecule has 2 amide bonds. The van der Waals surface area contributed by atoms with E-state index >= 15 is 0 Å². The van der Waals surface area contributed by atoms with Gasteiger partial charge in [0, 0.05) is 31.9 Å². The number of benzene rings is 1. The molecule has 0 radical (unpaired) electrons. The van der Waals surface area contributed by atoms with E-state index in [0.717, 1.165) is 30.5 Å². The van der Waals surface area contributed by atoms with E-state index in [1.807, 2.05) is 29.2 Å². The molecule has 3 rings (SSSR count). The first-order valence-electron chi connectivity index (χ1n) is 9.89. The molecule has 6 nitrogen and oxygen atoms in total. The lowest BCUT2D eigenvalue weighted by Crippen LogP contribution is -2.53. The number of para-hydroxylation sites is 1. The molecular formula is C21H28N4O2. The summed E-state index contributed by atoms with van der Waals surface area (Å²) >= 11 is 0. The van der Waals surface area contributed by atoms with E-state index in [1.54, 1.807) is 0 Å². The SMILES string of the molecule is CCc1ccccc1NC(=O)CN1CCN(C(=O)C2(C#N)CCCC2)CC1. The van der Waals surface area contributed by atoms with Gasteiger partial charge < -0.3 is 10.2 Å². The lowest BCUT2D eigenvalue weighted by atomic mass is 9.86. The van der Waals surface area contributed by atoms with Crippen molar-refractivity contribution in [3.63, 3.8) is 0 Å². The Bertz CT molecular complexity index is 726. The van der Waals surface area contributed by atoms with Gasteiger partial charge in [0.05, 0.1) is 12.6 Å². The van der Waals surface area contributed by atoms with Gasteiger partial charge in [-0.25, -0.2) is 0 Å². The van der Waals surface area contributed by atoms with Crippen LogP contribution in [0.25, 0.3) is 0 Å². The molecule has 1 aliphatic heterocycles. The summed E-state index contributed by atoms with van der Waals surface area (Å²) in [5.74, 6) is -0.0385. The van der Waals surface area contributed by atoms with Crippen LogP contribution in [0.15, 0.2) is 24.3 Å².